The molecule has 0 saturated carbocycles. The summed E-state index contributed by atoms with van der Waals surface area (Å²) in [5, 5.41) is 2.96. The maximum atomic E-state index is 13.5. The van der Waals surface area contributed by atoms with Crippen molar-refractivity contribution in [2.24, 2.45) is 0 Å². The number of esters is 1. The van der Waals surface area contributed by atoms with E-state index in [1.807, 2.05) is 0 Å². The molecule has 1 aromatic rings. The third kappa shape index (κ3) is 2.82. The molecule has 1 aliphatic rings. The Morgan fingerprint density at radius 1 is 1.35 bits per heavy atom. The van der Waals surface area contributed by atoms with Crippen LogP contribution in [0.5, 0.6) is 0 Å². The Hall–Kier alpha value is -1.49. The van der Waals surface area contributed by atoms with Gasteiger partial charge in [-0.15, -0.1) is 0 Å². The lowest BCUT2D eigenvalue weighted by atomic mass is 9.82. The van der Waals surface area contributed by atoms with Gasteiger partial charge in [0.1, 0.15) is 5.54 Å². The van der Waals surface area contributed by atoms with Crippen LogP contribution in [-0.4, -0.2) is 25.5 Å². The number of halogens is 2. The first kappa shape index (κ1) is 14.9. The van der Waals surface area contributed by atoms with E-state index in [0.29, 0.717) is 30.7 Å². The van der Waals surface area contributed by atoms with Crippen molar-refractivity contribution in [2.75, 3.05) is 13.2 Å². The average molecular weight is 283 g/mol. The molecule has 110 valence electrons. The first-order valence-electron chi connectivity index (χ1n) is 6.91. The lowest BCUT2D eigenvalue weighted by Crippen LogP contribution is -2.51. The van der Waals surface area contributed by atoms with Gasteiger partial charge in [0.05, 0.1) is 12.2 Å². The second-order valence-electron chi connectivity index (χ2n) is 4.95. The van der Waals surface area contributed by atoms with Crippen molar-refractivity contribution in [3.63, 3.8) is 0 Å². The summed E-state index contributed by atoms with van der Waals surface area (Å²) in [6.45, 7) is 2.61. The van der Waals surface area contributed by atoms with Crippen LogP contribution in [0.25, 0.3) is 0 Å². The largest absolute Gasteiger partial charge is 0.462 e. The van der Waals surface area contributed by atoms with Gasteiger partial charge >= 0.3 is 5.97 Å². The molecule has 0 bridgehead atoms. The third-order valence-electron chi connectivity index (χ3n) is 3.72. The molecule has 1 saturated heterocycles. The number of hydrogen-bond acceptors (Lipinski definition) is 3. The maximum absolute atomic E-state index is 13.5. The van der Waals surface area contributed by atoms with E-state index in [9.17, 15) is 13.6 Å². The van der Waals surface area contributed by atoms with Gasteiger partial charge in [0, 0.05) is 0 Å². The van der Waals surface area contributed by atoms with Gasteiger partial charge in [-0.1, -0.05) is 12.1 Å². The molecule has 1 fully saturated rings. The highest BCUT2D eigenvalue weighted by atomic mass is 19.3. The highest BCUT2D eigenvalue weighted by molar-refractivity contribution is 5.89. The Morgan fingerprint density at radius 2 is 2.05 bits per heavy atom. The van der Waals surface area contributed by atoms with Crippen molar-refractivity contribution in [1.29, 1.82) is 0 Å². The predicted molar refractivity (Wildman–Crippen MR) is 71.9 cm³/mol. The van der Waals surface area contributed by atoms with Crippen molar-refractivity contribution in [3.05, 3.63) is 35.4 Å². The number of hydrogen-bond donors (Lipinski definition) is 1. The number of carbonyl (C=O) groups excluding carboxylic acids is 1. The minimum Gasteiger partial charge on any atom is -0.462 e. The molecule has 0 radical (unpaired) electrons. The number of rotatable bonds is 4. The van der Waals surface area contributed by atoms with Crippen LogP contribution in [0, 0.1) is 0 Å². The molecule has 1 heterocycles. The van der Waals surface area contributed by atoms with E-state index >= 15 is 0 Å². The zero-order chi connectivity index (χ0) is 14.6. The highest BCUT2D eigenvalue weighted by Crippen LogP contribution is 2.36. The monoisotopic (exact) mass is 283 g/mol. The Bertz CT molecular complexity index is 453. The zero-order valence-corrected chi connectivity index (χ0v) is 11.5. The van der Waals surface area contributed by atoms with Crippen molar-refractivity contribution >= 4 is 5.97 Å². The average Bonchev–Trinajstić information content (AvgIpc) is 2.48. The van der Waals surface area contributed by atoms with Crippen molar-refractivity contribution < 1.29 is 18.3 Å². The van der Waals surface area contributed by atoms with E-state index in [-0.39, 0.29) is 0 Å². The maximum Gasteiger partial charge on any atom is 0.338 e. The van der Waals surface area contributed by atoms with Crippen LogP contribution in [0.4, 0.5) is 8.78 Å². The normalized spacial score (nSPS) is 22.8. The minimum atomic E-state index is -2.48. The second kappa shape index (κ2) is 6.31. The summed E-state index contributed by atoms with van der Waals surface area (Å²) in [6, 6.07) is 6.29. The molecule has 2 rings (SSSR count). The molecule has 5 heteroatoms. The number of nitrogens with one attached hydrogen (secondary N) is 1. The van der Waals surface area contributed by atoms with Gasteiger partial charge in [-0.25, -0.2) is 13.6 Å². The summed E-state index contributed by atoms with van der Waals surface area (Å²) in [5.74, 6) is -0.429. The van der Waals surface area contributed by atoms with Crippen LogP contribution >= 0.6 is 0 Å². The van der Waals surface area contributed by atoms with Crippen LogP contribution in [0.1, 0.15) is 42.1 Å². The first-order valence-corrected chi connectivity index (χ1v) is 6.91. The Balaban J connectivity index is 2.24. The van der Waals surface area contributed by atoms with E-state index in [1.54, 1.807) is 31.2 Å². The SMILES string of the molecule is CCOC(=O)c1ccc(C2(C(F)F)CCCCN2)cc1. The second-order valence-corrected chi connectivity index (χ2v) is 4.95. The van der Waals surface area contributed by atoms with Crippen LogP contribution in [0.3, 0.4) is 0 Å². The lowest BCUT2D eigenvalue weighted by molar-refractivity contribution is 0.0104. The molecule has 0 amide bonds. The molecular weight excluding hydrogens is 264 g/mol. The van der Waals surface area contributed by atoms with Crippen molar-refractivity contribution in [1.82, 2.24) is 5.32 Å². The summed E-state index contributed by atoms with van der Waals surface area (Å²) >= 11 is 0. The fourth-order valence-corrected chi connectivity index (χ4v) is 2.61. The molecular formula is C15H19F2NO2. The van der Waals surface area contributed by atoms with E-state index in [0.717, 1.165) is 12.8 Å². The van der Waals surface area contributed by atoms with E-state index in [1.165, 1.54) is 0 Å². The summed E-state index contributed by atoms with van der Waals surface area (Å²) in [4.78, 5) is 11.6. The number of alkyl halides is 2. The molecule has 20 heavy (non-hydrogen) atoms. The molecule has 0 aromatic heterocycles. The van der Waals surface area contributed by atoms with Gasteiger partial charge in [0.25, 0.3) is 6.43 Å². The Labute approximate surface area is 117 Å². The van der Waals surface area contributed by atoms with Gasteiger partial charge in [0.15, 0.2) is 0 Å². The van der Waals surface area contributed by atoms with Crippen molar-refractivity contribution in [3.8, 4) is 0 Å². The smallest absolute Gasteiger partial charge is 0.338 e. The molecule has 1 atom stereocenters. The molecule has 3 nitrogen and oxygen atoms in total. The minimum absolute atomic E-state index is 0.295. The van der Waals surface area contributed by atoms with Gasteiger partial charge in [-0.3, -0.25) is 0 Å². The van der Waals surface area contributed by atoms with Gasteiger partial charge in [-0.05, 0) is 50.4 Å². The zero-order valence-electron chi connectivity index (χ0n) is 11.5. The van der Waals surface area contributed by atoms with Crippen LogP contribution in [0.2, 0.25) is 0 Å². The van der Waals surface area contributed by atoms with E-state index in [4.69, 9.17) is 4.74 Å². The Morgan fingerprint density at radius 3 is 2.55 bits per heavy atom. The Kier molecular flexibility index (Phi) is 4.70. The van der Waals surface area contributed by atoms with Crippen molar-refractivity contribution in [2.45, 2.75) is 38.2 Å². The summed E-state index contributed by atoms with van der Waals surface area (Å²) < 4.78 is 31.9. The third-order valence-corrected chi connectivity index (χ3v) is 3.72. The molecule has 1 aliphatic heterocycles. The standard InChI is InChI=1S/C15H19F2NO2/c1-2-20-13(19)11-5-7-12(8-6-11)15(14(16)17)9-3-4-10-18-15/h5-8,14,18H,2-4,9-10H2,1H3. The van der Waals surface area contributed by atoms with E-state index in [2.05, 4.69) is 5.32 Å². The fraction of sp³-hybridized carbons (Fsp3) is 0.533. The van der Waals surface area contributed by atoms with Crippen LogP contribution in [-0.2, 0) is 10.3 Å². The molecule has 1 aromatic carbocycles. The van der Waals surface area contributed by atoms with Crippen LogP contribution in [0.15, 0.2) is 24.3 Å². The van der Waals surface area contributed by atoms with Gasteiger partial charge in [0.2, 0.25) is 0 Å². The fourth-order valence-electron chi connectivity index (χ4n) is 2.61. The molecule has 1 N–H and O–H groups in total. The van der Waals surface area contributed by atoms with Crippen LogP contribution < -0.4 is 5.32 Å². The predicted octanol–water partition coefficient (Wildman–Crippen LogP) is 3.10. The number of benzene rings is 1. The number of carbonyl (C=O) groups is 1. The van der Waals surface area contributed by atoms with E-state index < -0.39 is 17.9 Å². The quantitative estimate of drug-likeness (QED) is 0.863. The first-order chi connectivity index (χ1) is 9.60. The number of piperidine rings is 1. The van der Waals surface area contributed by atoms with Gasteiger partial charge in [-0.2, -0.15) is 0 Å². The van der Waals surface area contributed by atoms with Gasteiger partial charge < -0.3 is 10.1 Å². The molecule has 1 unspecified atom stereocenters. The summed E-state index contributed by atoms with van der Waals surface area (Å²) in [7, 11) is 0. The number of ether oxygens (including phenoxy) is 1. The highest BCUT2D eigenvalue weighted by Gasteiger charge is 2.42. The summed E-state index contributed by atoms with van der Waals surface area (Å²) in [6.07, 6.45) is -0.383. The lowest BCUT2D eigenvalue weighted by Gasteiger charge is -2.38. The molecule has 0 aliphatic carbocycles. The molecule has 0 spiro atoms. The summed E-state index contributed by atoms with van der Waals surface area (Å²) in [5.41, 5.74) is -0.373. The topological polar surface area (TPSA) is 38.3 Å².